The normalized spacial score (nSPS) is 39.6. The molecule has 4 fully saturated rings. The number of carbonyl (C=O) groups excluding carboxylic acids is 1. The predicted molar refractivity (Wildman–Crippen MR) is 163 cm³/mol. The van der Waals surface area contributed by atoms with Crippen LogP contribution in [0.25, 0.3) is 0 Å². The lowest BCUT2D eigenvalue weighted by atomic mass is 9.69. The largest absolute Gasteiger partial charge is 0.376 e. The molecule has 4 rings (SSSR count). The Morgan fingerprint density at radius 3 is 2.66 bits per heavy atom. The lowest BCUT2D eigenvalue weighted by molar-refractivity contribution is -0.124. The second-order valence-corrected chi connectivity index (χ2v) is 13.8. The molecule has 41 heavy (non-hydrogen) atoms. The Morgan fingerprint density at radius 2 is 1.95 bits per heavy atom. The Balaban J connectivity index is 1.34. The standard InChI is InChI=1S/C31H55ClN6O3/c1-5-40-29-16-25-23(15-26(29)37-30(39)9-7-13-38(3)4)31(21(17-33)18-35-25)36-22-10-11-28(24(32)14-22)41-19-27-20(2)8-6-12-34-27/h20-29,31,34-36H,5-16,18-19H2,1-4H3,(H,37,39). The van der Waals surface area contributed by atoms with Crippen LogP contribution >= 0.6 is 11.6 Å². The van der Waals surface area contributed by atoms with Crippen LogP contribution in [0.2, 0.25) is 0 Å². The summed E-state index contributed by atoms with van der Waals surface area (Å²) in [5, 5.41) is 24.5. The number of ether oxygens (including phenoxy) is 2. The monoisotopic (exact) mass is 594 g/mol. The fraction of sp³-hybridized carbons (Fsp3) is 0.935. The maximum absolute atomic E-state index is 12.9. The van der Waals surface area contributed by atoms with Crippen LogP contribution in [-0.2, 0) is 14.3 Å². The Morgan fingerprint density at radius 1 is 1.12 bits per heavy atom. The molecule has 11 atom stereocenters. The highest BCUT2D eigenvalue weighted by Gasteiger charge is 2.47. The summed E-state index contributed by atoms with van der Waals surface area (Å²) in [5.41, 5.74) is 0. The minimum absolute atomic E-state index is 0.0213. The van der Waals surface area contributed by atoms with Crippen molar-refractivity contribution in [2.24, 2.45) is 17.8 Å². The molecular weight excluding hydrogens is 540 g/mol. The van der Waals surface area contributed by atoms with Crippen molar-refractivity contribution in [3.05, 3.63) is 0 Å². The fourth-order valence-electron chi connectivity index (χ4n) is 7.55. The van der Waals surface area contributed by atoms with Gasteiger partial charge in [-0.2, -0.15) is 5.26 Å². The van der Waals surface area contributed by atoms with Gasteiger partial charge in [0.25, 0.3) is 0 Å². The highest BCUT2D eigenvalue weighted by atomic mass is 35.5. The van der Waals surface area contributed by atoms with Gasteiger partial charge in [-0.05, 0) is 97.3 Å². The number of nitriles is 1. The third-order valence-corrected chi connectivity index (χ3v) is 10.4. The van der Waals surface area contributed by atoms with E-state index in [-0.39, 0.29) is 59.5 Å². The van der Waals surface area contributed by atoms with Crippen molar-refractivity contribution in [1.82, 2.24) is 26.2 Å². The number of carbonyl (C=O) groups is 1. The summed E-state index contributed by atoms with van der Waals surface area (Å²) in [6.07, 6.45) is 8.30. The van der Waals surface area contributed by atoms with Crippen LogP contribution in [0, 0.1) is 29.1 Å². The minimum Gasteiger partial charge on any atom is -0.376 e. The van der Waals surface area contributed by atoms with Crippen molar-refractivity contribution in [2.75, 3.05) is 46.9 Å². The number of halogens is 1. The maximum atomic E-state index is 12.9. The van der Waals surface area contributed by atoms with Crippen LogP contribution in [-0.4, -0.2) is 106 Å². The van der Waals surface area contributed by atoms with Crippen LogP contribution in [0.3, 0.4) is 0 Å². The molecule has 2 saturated carbocycles. The molecule has 11 unspecified atom stereocenters. The first-order valence-electron chi connectivity index (χ1n) is 16.2. The van der Waals surface area contributed by atoms with Crippen molar-refractivity contribution in [3.8, 4) is 6.07 Å². The molecule has 1 amide bonds. The molecule has 0 aromatic rings. The van der Waals surface area contributed by atoms with Crippen LogP contribution in [0.4, 0.5) is 0 Å². The van der Waals surface area contributed by atoms with Gasteiger partial charge >= 0.3 is 0 Å². The molecule has 2 aliphatic carbocycles. The number of nitrogens with one attached hydrogen (secondary N) is 4. The summed E-state index contributed by atoms with van der Waals surface area (Å²) in [4.78, 5) is 15.0. The van der Waals surface area contributed by atoms with Crippen molar-refractivity contribution in [3.63, 3.8) is 0 Å². The van der Waals surface area contributed by atoms with E-state index in [2.05, 4.69) is 39.2 Å². The molecule has 0 radical (unpaired) electrons. The molecule has 4 N–H and O–H groups in total. The van der Waals surface area contributed by atoms with E-state index in [9.17, 15) is 10.1 Å². The Bertz CT molecular complexity index is 858. The second-order valence-electron chi connectivity index (χ2n) is 13.2. The van der Waals surface area contributed by atoms with Gasteiger partial charge in [-0.25, -0.2) is 0 Å². The van der Waals surface area contributed by atoms with Crippen LogP contribution in [0.5, 0.6) is 0 Å². The molecule has 9 nitrogen and oxygen atoms in total. The van der Waals surface area contributed by atoms with E-state index in [1.165, 1.54) is 12.8 Å². The lowest BCUT2D eigenvalue weighted by Crippen LogP contribution is -2.66. The van der Waals surface area contributed by atoms with Gasteiger partial charge in [-0.15, -0.1) is 11.6 Å². The fourth-order valence-corrected chi connectivity index (χ4v) is 7.96. The number of amides is 1. The van der Waals surface area contributed by atoms with Crippen molar-refractivity contribution >= 4 is 17.5 Å². The average molecular weight is 595 g/mol. The highest BCUT2D eigenvalue weighted by Crippen LogP contribution is 2.36. The first kappa shape index (κ1) is 32.9. The van der Waals surface area contributed by atoms with Crippen molar-refractivity contribution in [2.45, 2.75) is 119 Å². The Hall–Kier alpha value is -0.990. The molecule has 234 valence electrons. The molecule has 0 spiro atoms. The summed E-state index contributed by atoms with van der Waals surface area (Å²) < 4.78 is 12.5. The Labute approximate surface area is 253 Å². The van der Waals surface area contributed by atoms with Crippen LogP contribution < -0.4 is 21.3 Å². The van der Waals surface area contributed by atoms with Crippen LogP contribution in [0.1, 0.15) is 71.6 Å². The number of piperidine rings is 2. The van der Waals surface area contributed by atoms with Crippen molar-refractivity contribution < 1.29 is 14.3 Å². The van der Waals surface area contributed by atoms with Gasteiger partial charge in [0.05, 0.1) is 42.2 Å². The quantitative estimate of drug-likeness (QED) is 0.255. The van der Waals surface area contributed by atoms with E-state index in [0.29, 0.717) is 31.5 Å². The van der Waals surface area contributed by atoms with Gasteiger partial charge in [-0.1, -0.05) is 6.92 Å². The maximum Gasteiger partial charge on any atom is 0.220 e. The van der Waals surface area contributed by atoms with E-state index in [1.54, 1.807) is 0 Å². The molecular formula is C31H55ClN6O3. The summed E-state index contributed by atoms with van der Waals surface area (Å²) in [6.45, 7) is 8.31. The van der Waals surface area contributed by atoms with E-state index >= 15 is 0 Å². The molecule has 4 aliphatic rings. The number of alkyl halides is 1. The number of hydrogen-bond donors (Lipinski definition) is 4. The SMILES string of the molecule is CCOC1CC2NCC(C#N)C(NC3CCC(OCC4NCCCC4C)C(Cl)C3)C2CC1NC(=O)CCCN(C)C. The smallest absolute Gasteiger partial charge is 0.220 e. The topological polar surface area (TPSA) is 111 Å². The van der Waals surface area contributed by atoms with Crippen molar-refractivity contribution in [1.29, 1.82) is 5.26 Å². The molecule has 2 aliphatic heterocycles. The average Bonchev–Trinajstić information content (AvgIpc) is 2.94. The number of rotatable bonds is 12. The van der Waals surface area contributed by atoms with E-state index < -0.39 is 0 Å². The third kappa shape index (κ3) is 9.25. The summed E-state index contributed by atoms with van der Waals surface area (Å²) in [7, 11) is 4.06. The molecule has 2 heterocycles. The van der Waals surface area contributed by atoms with Gasteiger partial charge in [0.2, 0.25) is 5.91 Å². The van der Waals surface area contributed by atoms with Gasteiger partial charge in [0, 0.05) is 43.7 Å². The van der Waals surface area contributed by atoms with E-state index in [1.807, 2.05) is 21.0 Å². The first-order chi connectivity index (χ1) is 19.8. The molecule has 0 bridgehead atoms. The number of fused-ring (bicyclic) bond motifs is 1. The zero-order valence-electron chi connectivity index (χ0n) is 25.7. The zero-order valence-corrected chi connectivity index (χ0v) is 26.5. The molecule has 0 aromatic carbocycles. The zero-order chi connectivity index (χ0) is 29.4. The Kier molecular flexibility index (Phi) is 13.0. The highest BCUT2D eigenvalue weighted by molar-refractivity contribution is 6.21. The number of hydrogen-bond acceptors (Lipinski definition) is 8. The second kappa shape index (κ2) is 16.2. The third-order valence-electron chi connectivity index (χ3n) is 9.94. The molecule has 2 saturated heterocycles. The summed E-state index contributed by atoms with van der Waals surface area (Å²) in [5.74, 6) is 0.832. The van der Waals surface area contributed by atoms with E-state index in [4.69, 9.17) is 21.1 Å². The lowest BCUT2D eigenvalue weighted by Gasteiger charge is -2.50. The predicted octanol–water partition coefficient (Wildman–Crippen LogP) is 2.63. The van der Waals surface area contributed by atoms with Gasteiger partial charge in [-0.3, -0.25) is 4.79 Å². The number of nitrogens with zero attached hydrogens (tertiary/aromatic N) is 2. The first-order valence-corrected chi connectivity index (χ1v) is 16.7. The molecule has 0 aromatic heterocycles. The minimum atomic E-state index is -0.127. The molecule has 10 heteroatoms. The van der Waals surface area contributed by atoms with Gasteiger partial charge in [0.15, 0.2) is 0 Å². The van der Waals surface area contributed by atoms with Gasteiger partial charge < -0.3 is 35.6 Å². The van der Waals surface area contributed by atoms with E-state index in [0.717, 1.165) is 58.2 Å². The van der Waals surface area contributed by atoms with Crippen LogP contribution in [0.15, 0.2) is 0 Å². The van der Waals surface area contributed by atoms with Gasteiger partial charge in [0.1, 0.15) is 0 Å². The summed E-state index contributed by atoms with van der Waals surface area (Å²) >= 11 is 6.92. The summed E-state index contributed by atoms with van der Waals surface area (Å²) in [6, 6.07) is 3.51.